The second-order valence-corrected chi connectivity index (χ2v) is 5.62. The summed E-state index contributed by atoms with van der Waals surface area (Å²) >= 11 is 0. The van der Waals surface area contributed by atoms with Crippen molar-refractivity contribution in [3.63, 3.8) is 0 Å². The van der Waals surface area contributed by atoms with Gasteiger partial charge in [0.05, 0.1) is 13.5 Å². The molecule has 1 saturated carbocycles. The van der Waals surface area contributed by atoms with Gasteiger partial charge in [0.1, 0.15) is 5.75 Å². The van der Waals surface area contributed by atoms with Gasteiger partial charge in [-0.15, -0.1) is 12.4 Å². The van der Waals surface area contributed by atoms with Crippen molar-refractivity contribution in [1.82, 2.24) is 5.32 Å². The van der Waals surface area contributed by atoms with E-state index in [1.54, 1.807) is 7.11 Å². The molecule has 4 nitrogen and oxygen atoms in total. The van der Waals surface area contributed by atoms with Crippen LogP contribution in [0.1, 0.15) is 31.2 Å². The monoisotopic (exact) mass is 312 g/mol. The van der Waals surface area contributed by atoms with E-state index in [1.807, 2.05) is 24.3 Å². The maximum absolute atomic E-state index is 11.9. The van der Waals surface area contributed by atoms with Crippen LogP contribution in [0.25, 0.3) is 0 Å². The van der Waals surface area contributed by atoms with Crippen LogP contribution in [0.2, 0.25) is 0 Å². The van der Waals surface area contributed by atoms with Crippen LogP contribution < -0.4 is 15.8 Å². The number of hydrogen-bond donors (Lipinski definition) is 2. The maximum atomic E-state index is 11.9. The molecule has 2 unspecified atom stereocenters. The van der Waals surface area contributed by atoms with E-state index in [0.29, 0.717) is 18.4 Å². The van der Waals surface area contributed by atoms with Crippen molar-refractivity contribution in [2.24, 2.45) is 11.7 Å². The molecule has 0 heterocycles. The third kappa shape index (κ3) is 5.94. The van der Waals surface area contributed by atoms with E-state index < -0.39 is 0 Å². The first-order valence-corrected chi connectivity index (χ1v) is 7.32. The summed E-state index contributed by atoms with van der Waals surface area (Å²) in [4.78, 5) is 11.9. The topological polar surface area (TPSA) is 64.3 Å². The fourth-order valence-electron chi connectivity index (χ4n) is 2.77. The number of amides is 1. The standard InChI is InChI=1S/C16H24N2O2.ClH/c1-20-15-7-5-12(6-8-15)10-16(19)18-11-13-3-2-4-14(17)9-13;/h5-8,13-14H,2-4,9-11,17H2,1H3,(H,18,19);1H. The minimum atomic E-state index is 0. The molecule has 0 saturated heterocycles. The third-order valence-electron chi connectivity index (χ3n) is 3.94. The first-order chi connectivity index (χ1) is 9.67. The van der Waals surface area contributed by atoms with Crippen molar-refractivity contribution < 1.29 is 9.53 Å². The molecule has 118 valence electrons. The lowest BCUT2D eigenvalue weighted by Gasteiger charge is -2.26. The zero-order valence-electron chi connectivity index (χ0n) is 12.5. The van der Waals surface area contributed by atoms with E-state index in [0.717, 1.165) is 30.7 Å². The quantitative estimate of drug-likeness (QED) is 0.877. The highest BCUT2D eigenvalue weighted by atomic mass is 35.5. The lowest BCUT2D eigenvalue weighted by molar-refractivity contribution is -0.120. The maximum Gasteiger partial charge on any atom is 0.224 e. The number of carbonyl (C=O) groups excluding carboxylic acids is 1. The summed E-state index contributed by atoms with van der Waals surface area (Å²) in [6, 6.07) is 7.92. The molecule has 1 aliphatic carbocycles. The molecular weight excluding hydrogens is 288 g/mol. The largest absolute Gasteiger partial charge is 0.497 e. The van der Waals surface area contributed by atoms with Crippen LogP contribution in [0, 0.1) is 5.92 Å². The van der Waals surface area contributed by atoms with Crippen molar-refractivity contribution >= 4 is 18.3 Å². The van der Waals surface area contributed by atoms with Crippen molar-refractivity contribution in [3.05, 3.63) is 29.8 Å². The summed E-state index contributed by atoms with van der Waals surface area (Å²) in [6.45, 7) is 0.753. The first kappa shape index (κ1) is 17.8. The predicted molar refractivity (Wildman–Crippen MR) is 86.9 cm³/mol. The fraction of sp³-hybridized carbons (Fsp3) is 0.562. The van der Waals surface area contributed by atoms with Crippen LogP contribution in [0.5, 0.6) is 5.75 Å². The SMILES string of the molecule is COc1ccc(CC(=O)NCC2CCCC(N)C2)cc1.Cl. The number of ether oxygens (including phenoxy) is 1. The van der Waals surface area contributed by atoms with Crippen LogP contribution in [-0.2, 0) is 11.2 Å². The van der Waals surface area contributed by atoms with E-state index in [9.17, 15) is 4.79 Å². The highest BCUT2D eigenvalue weighted by molar-refractivity contribution is 5.85. The van der Waals surface area contributed by atoms with Crippen LogP contribution >= 0.6 is 12.4 Å². The average Bonchev–Trinajstić information content (AvgIpc) is 2.46. The van der Waals surface area contributed by atoms with Gasteiger partial charge in [-0.05, 0) is 42.9 Å². The number of rotatable bonds is 5. The summed E-state index contributed by atoms with van der Waals surface area (Å²) in [5.41, 5.74) is 6.96. The Hall–Kier alpha value is -1.26. The van der Waals surface area contributed by atoms with Gasteiger partial charge in [0, 0.05) is 12.6 Å². The molecule has 3 N–H and O–H groups in total. The Labute approximate surface area is 132 Å². The lowest BCUT2D eigenvalue weighted by Crippen LogP contribution is -2.36. The summed E-state index contributed by atoms with van der Waals surface area (Å²) in [6.07, 6.45) is 4.93. The number of benzene rings is 1. The number of halogens is 1. The van der Waals surface area contributed by atoms with Crippen LogP contribution in [0.15, 0.2) is 24.3 Å². The molecule has 0 aliphatic heterocycles. The van der Waals surface area contributed by atoms with Crippen LogP contribution in [-0.4, -0.2) is 25.6 Å². The molecule has 1 fully saturated rings. The molecule has 1 aromatic carbocycles. The molecule has 0 bridgehead atoms. The minimum absolute atomic E-state index is 0. The van der Waals surface area contributed by atoms with Gasteiger partial charge in [-0.2, -0.15) is 0 Å². The molecule has 0 radical (unpaired) electrons. The van der Waals surface area contributed by atoms with Gasteiger partial charge in [0.15, 0.2) is 0 Å². The van der Waals surface area contributed by atoms with Crippen molar-refractivity contribution in [3.8, 4) is 5.75 Å². The van der Waals surface area contributed by atoms with E-state index in [-0.39, 0.29) is 18.3 Å². The Kier molecular flexibility index (Phi) is 7.54. The fourth-order valence-corrected chi connectivity index (χ4v) is 2.77. The average molecular weight is 313 g/mol. The number of hydrogen-bond acceptors (Lipinski definition) is 3. The molecule has 2 atom stereocenters. The molecule has 1 amide bonds. The Morgan fingerprint density at radius 3 is 2.67 bits per heavy atom. The van der Waals surface area contributed by atoms with E-state index in [4.69, 9.17) is 10.5 Å². The Balaban J connectivity index is 0.00000220. The van der Waals surface area contributed by atoms with Crippen molar-refractivity contribution in [1.29, 1.82) is 0 Å². The van der Waals surface area contributed by atoms with E-state index in [2.05, 4.69) is 5.32 Å². The molecule has 2 rings (SSSR count). The minimum Gasteiger partial charge on any atom is -0.497 e. The molecule has 1 aromatic rings. The zero-order valence-corrected chi connectivity index (χ0v) is 13.3. The van der Waals surface area contributed by atoms with Crippen molar-refractivity contribution in [2.75, 3.05) is 13.7 Å². The summed E-state index contributed by atoms with van der Waals surface area (Å²) in [5, 5.41) is 3.02. The molecule has 5 heteroatoms. The molecule has 21 heavy (non-hydrogen) atoms. The normalized spacial score (nSPS) is 21.2. The van der Waals surface area contributed by atoms with Crippen LogP contribution in [0.3, 0.4) is 0 Å². The Bertz CT molecular complexity index is 436. The van der Waals surface area contributed by atoms with Gasteiger partial charge >= 0.3 is 0 Å². The third-order valence-corrected chi connectivity index (χ3v) is 3.94. The van der Waals surface area contributed by atoms with E-state index >= 15 is 0 Å². The highest BCUT2D eigenvalue weighted by Crippen LogP contribution is 2.22. The number of methoxy groups -OCH3 is 1. The smallest absolute Gasteiger partial charge is 0.224 e. The number of nitrogens with one attached hydrogen (secondary N) is 1. The summed E-state index contributed by atoms with van der Waals surface area (Å²) < 4.78 is 5.10. The van der Waals surface area contributed by atoms with Gasteiger partial charge in [-0.25, -0.2) is 0 Å². The molecular formula is C16H25ClN2O2. The van der Waals surface area contributed by atoms with Gasteiger partial charge < -0.3 is 15.8 Å². The first-order valence-electron chi connectivity index (χ1n) is 7.32. The highest BCUT2D eigenvalue weighted by Gasteiger charge is 2.19. The second kappa shape index (κ2) is 8.90. The van der Waals surface area contributed by atoms with Gasteiger partial charge in [-0.3, -0.25) is 4.79 Å². The molecule has 1 aliphatic rings. The summed E-state index contributed by atoms with van der Waals surface area (Å²) in [7, 11) is 1.64. The predicted octanol–water partition coefficient (Wildman–Crippen LogP) is 2.29. The van der Waals surface area contributed by atoms with Gasteiger partial charge in [0.25, 0.3) is 0 Å². The number of carbonyl (C=O) groups is 1. The van der Waals surface area contributed by atoms with Crippen molar-refractivity contribution in [2.45, 2.75) is 38.1 Å². The Morgan fingerprint density at radius 1 is 1.33 bits per heavy atom. The van der Waals surface area contributed by atoms with Gasteiger partial charge in [0.2, 0.25) is 5.91 Å². The molecule has 0 aromatic heterocycles. The zero-order chi connectivity index (χ0) is 14.4. The van der Waals surface area contributed by atoms with Crippen LogP contribution in [0.4, 0.5) is 0 Å². The van der Waals surface area contributed by atoms with E-state index in [1.165, 1.54) is 12.8 Å². The second-order valence-electron chi connectivity index (χ2n) is 5.62. The summed E-state index contributed by atoms with van der Waals surface area (Å²) in [5.74, 6) is 1.43. The number of nitrogens with two attached hydrogens (primary N) is 1. The Morgan fingerprint density at radius 2 is 2.05 bits per heavy atom. The lowest BCUT2D eigenvalue weighted by atomic mass is 9.86. The molecule has 0 spiro atoms. The van der Waals surface area contributed by atoms with Gasteiger partial charge in [-0.1, -0.05) is 18.6 Å².